The molecule has 5 aromatic rings. The number of nitrogens with zero attached hydrogens (tertiary/aromatic N) is 4. The Kier molecular flexibility index (Phi) is 8.64. The molecular formula is C38H29ClN4O3. The predicted octanol–water partition coefficient (Wildman–Crippen LogP) is 8.13. The second-order valence-corrected chi connectivity index (χ2v) is 11.3. The number of imide groups is 1. The van der Waals surface area contributed by atoms with Gasteiger partial charge in [-0.15, -0.1) is 0 Å². The van der Waals surface area contributed by atoms with Crippen LogP contribution in [0.4, 0.5) is 0 Å². The molecule has 1 atom stereocenters. The third kappa shape index (κ3) is 6.12. The Bertz CT molecular complexity index is 2020. The topological polar surface area (TPSA) is 88.2 Å². The van der Waals surface area contributed by atoms with E-state index in [9.17, 15) is 14.9 Å². The molecular weight excluding hydrogens is 596 g/mol. The summed E-state index contributed by atoms with van der Waals surface area (Å²) in [5.41, 5.74) is 5.12. The van der Waals surface area contributed by atoms with Crippen LogP contribution < -0.4 is 4.74 Å². The molecule has 2 amide bonds. The van der Waals surface area contributed by atoms with Crippen LogP contribution in [-0.4, -0.2) is 26.5 Å². The lowest BCUT2D eigenvalue weighted by atomic mass is 9.91. The quantitative estimate of drug-likeness (QED) is 0.128. The maximum Gasteiger partial charge on any atom is 0.272 e. The normalized spacial score (nSPS) is 14.8. The zero-order valence-corrected chi connectivity index (χ0v) is 26.0. The number of carbonyl (C=O) groups is 2. The number of aromatic nitrogens is 2. The van der Waals surface area contributed by atoms with Gasteiger partial charge in [0, 0.05) is 27.9 Å². The molecule has 7 nitrogen and oxygen atoms in total. The highest BCUT2D eigenvalue weighted by molar-refractivity contribution is 6.30. The van der Waals surface area contributed by atoms with Crippen molar-refractivity contribution >= 4 is 29.5 Å². The first-order valence-electron chi connectivity index (χ1n) is 14.7. The van der Waals surface area contributed by atoms with Crippen molar-refractivity contribution in [2.75, 3.05) is 0 Å². The second kappa shape index (κ2) is 13.1. The predicted molar refractivity (Wildman–Crippen MR) is 178 cm³/mol. The molecule has 0 radical (unpaired) electrons. The largest absolute Gasteiger partial charge is 0.489 e. The first kappa shape index (κ1) is 30.3. The van der Waals surface area contributed by atoms with Crippen LogP contribution in [-0.2, 0) is 16.2 Å². The van der Waals surface area contributed by atoms with Gasteiger partial charge < -0.3 is 4.74 Å². The van der Waals surface area contributed by atoms with E-state index < -0.39 is 17.9 Å². The lowest BCUT2D eigenvalue weighted by Crippen LogP contribution is -2.44. The zero-order chi connectivity index (χ0) is 32.2. The number of nitriles is 1. The van der Waals surface area contributed by atoms with Gasteiger partial charge in [-0.1, -0.05) is 84.4 Å². The van der Waals surface area contributed by atoms with E-state index in [-0.39, 0.29) is 11.1 Å². The maximum absolute atomic E-state index is 14.1. The third-order valence-corrected chi connectivity index (χ3v) is 8.18. The molecule has 0 spiro atoms. The van der Waals surface area contributed by atoms with Gasteiger partial charge in [-0.05, 0) is 73.0 Å². The third-order valence-electron chi connectivity index (χ3n) is 7.93. The van der Waals surface area contributed by atoms with Crippen LogP contribution >= 0.6 is 11.6 Å². The highest BCUT2D eigenvalue weighted by atomic mass is 35.5. The summed E-state index contributed by atoms with van der Waals surface area (Å²) in [6.07, 6.45) is 3.56. The Morgan fingerprint density at radius 1 is 0.913 bits per heavy atom. The highest BCUT2D eigenvalue weighted by Crippen LogP contribution is 2.35. The van der Waals surface area contributed by atoms with Crippen molar-refractivity contribution in [2.45, 2.75) is 26.5 Å². The molecule has 0 aliphatic carbocycles. The van der Waals surface area contributed by atoms with Crippen molar-refractivity contribution in [3.63, 3.8) is 0 Å². The van der Waals surface area contributed by atoms with Crippen molar-refractivity contribution in [3.05, 3.63) is 154 Å². The average molecular weight is 625 g/mol. The molecule has 0 saturated carbocycles. The van der Waals surface area contributed by atoms with E-state index in [2.05, 4.69) is 0 Å². The number of amides is 2. The van der Waals surface area contributed by atoms with Crippen LogP contribution in [0.3, 0.4) is 0 Å². The van der Waals surface area contributed by atoms with E-state index in [4.69, 9.17) is 21.4 Å². The monoisotopic (exact) mass is 624 g/mol. The van der Waals surface area contributed by atoms with Crippen molar-refractivity contribution in [1.82, 2.24) is 14.7 Å². The summed E-state index contributed by atoms with van der Waals surface area (Å²) in [5.74, 6) is -0.439. The molecule has 1 aromatic heterocycles. The Hall–Kier alpha value is -5.71. The number of carbonyl (C=O) groups excluding carboxylic acids is 2. The zero-order valence-electron chi connectivity index (χ0n) is 25.2. The molecule has 6 rings (SSSR count). The van der Waals surface area contributed by atoms with Gasteiger partial charge in [0.25, 0.3) is 11.8 Å². The van der Waals surface area contributed by atoms with Crippen molar-refractivity contribution in [1.29, 1.82) is 5.26 Å². The summed E-state index contributed by atoms with van der Waals surface area (Å²) < 4.78 is 7.84. The van der Waals surface area contributed by atoms with Crippen LogP contribution in [0.2, 0.25) is 5.02 Å². The molecule has 2 heterocycles. The SMILES string of the molecule is CC1=C(C#N)C(=O)N(C(C)c2ccccc2)C(=O)/C1=C/c1cn(-c2ccccc2)nc1-c1cccc(OCc2ccc(Cl)cc2)c1. The fourth-order valence-corrected chi connectivity index (χ4v) is 5.52. The maximum atomic E-state index is 14.1. The second-order valence-electron chi connectivity index (χ2n) is 10.9. The molecule has 4 aromatic carbocycles. The van der Waals surface area contributed by atoms with E-state index in [1.807, 2.05) is 121 Å². The number of benzene rings is 4. The minimum absolute atomic E-state index is 0.0665. The van der Waals surface area contributed by atoms with E-state index in [1.54, 1.807) is 24.6 Å². The lowest BCUT2D eigenvalue weighted by molar-refractivity contribution is -0.143. The Morgan fingerprint density at radius 3 is 2.30 bits per heavy atom. The average Bonchev–Trinajstić information content (AvgIpc) is 3.51. The van der Waals surface area contributed by atoms with Crippen LogP contribution in [0.5, 0.6) is 5.75 Å². The van der Waals surface area contributed by atoms with E-state index in [1.165, 1.54) is 4.90 Å². The van der Waals surface area contributed by atoms with Crippen molar-refractivity contribution in [2.24, 2.45) is 0 Å². The fourth-order valence-electron chi connectivity index (χ4n) is 5.40. The smallest absolute Gasteiger partial charge is 0.272 e. The lowest BCUT2D eigenvalue weighted by Gasteiger charge is -2.32. The number of halogens is 1. The number of para-hydroxylation sites is 1. The van der Waals surface area contributed by atoms with E-state index in [0.29, 0.717) is 34.2 Å². The summed E-state index contributed by atoms with van der Waals surface area (Å²) in [7, 11) is 0. The minimum Gasteiger partial charge on any atom is -0.489 e. The van der Waals surface area contributed by atoms with Crippen LogP contribution in [0.25, 0.3) is 23.0 Å². The molecule has 1 aliphatic heterocycles. The molecule has 1 aliphatic rings. The molecule has 0 bridgehead atoms. The molecule has 0 fully saturated rings. The Labute approximate surface area is 272 Å². The number of ether oxygens (including phenoxy) is 1. The van der Waals surface area contributed by atoms with Gasteiger partial charge in [0.2, 0.25) is 0 Å². The van der Waals surface area contributed by atoms with Crippen molar-refractivity contribution in [3.8, 4) is 28.8 Å². The first-order valence-corrected chi connectivity index (χ1v) is 15.1. The van der Waals surface area contributed by atoms with Gasteiger partial charge in [-0.25, -0.2) is 4.68 Å². The molecule has 8 heteroatoms. The molecule has 0 N–H and O–H groups in total. The van der Waals surface area contributed by atoms with Gasteiger partial charge in [0.05, 0.1) is 11.7 Å². The number of rotatable bonds is 8. The molecule has 46 heavy (non-hydrogen) atoms. The summed E-state index contributed by atoms with van der Waals surface area (Å²) >= 11 is 6.03. The Morgan fingerprint density at radius 2 is 1.61 bits per heavy atom. The fraction of sp³-hybridized carbons (Fsp3) is 0.105. The molecule has 0 saturated heterocycles. The van der Waals surface area contributed by atoms with Gasteiger partial charge in [0.15, 0.2) is 0 Å². The van der Waals surface area contributed by atoms with E-state index in [0.717, 1.165) is 22.4 Å². The first-order chi connectivity index (χ1) is 22.3. The number of hydrogen-bond acceptors (Lipinski definition) is 5. The van der Waals surface area contributed by atoms with Gasteiger partial charge in [-0.2, -0.15) is 10.4 Å². The standard InChI is InChI=1S/C38H29ClN4O3/c1-25-34(37(44)43(38(45)35(25)22-40)26(2)28-10-5-3-6-11-28)21-30-23-42(32-13-7-4-8-14-32)41-36(30)29-12-9-15-33(20-29)46-24-27-16-18-31(39)19-17-27/h3-21,23,26H,24H2,1-2H3/b34-21+. The van der Waals surface area contributed by atoms with Crippen LogP contribution in [0.15, 0.2) is 132 Å². The van der Waals surface area contributed by atoms with Gasteiger partial charge in [-0.3, -0.25) is 14.5 Å². The molecule has 1 unspecified atom stereocenters. The van der Waals surface area contributed by atoms with Crippen LogP contribution in [0, 0.1) is 11.3 Å². The minimum atomic E-state index is -0.607. The van der Waals surface area contributed by atoms with Crippen molar-refractivity contribution < 1.29 is 14.3 Å². The molecule has 226 valence electrons. The summed E-state index contributed by atoms with van der Waals surface area (Å²) in [5, 5.41) is 15.6. The Balaban J connectivity index is 1.43. The van der Waals surface area contributed by atoms with E-state index >= 15 is 0 Å². The number of hydrogen-bond donors (Lipinski definition) is 0. The highest BCUT2D eigenvalue weighted by Gasteiger charge is 2.39. The van der Waals surface area contributed by atoms with Crippen LogP contribution in [0.1, 0.15) is 36.6 Å². The summed E-state index contributed by atoms with van der Waals surface area (Å²) in [6, 6.07) is 35.4. The van der Waals surface area contributed by atoms with Gasteiger partial charge in [0.1, 0.15) is 29.7 Å². The summed E-state index contributed by atoms with van der Waals surface area (Å²) in [6.45, 7) is 3.78. The van der Waals surface area contributed by atoms with Gasteiger partial charge >= 0.3 is 0 Å². The summed E-state index contributed by atoms with van der Waals surface area (Å²) in [4.78, 5) is 28.7.